The van der Waals surface area contributed by atoms with Gasteiger partial charge in [0.2, 0.25) is 5.89 Å². The molecule has 0 saturated carbocycles. The van der Waals surface area contributed by atoms with Crippen LogP contribution in [0.15, 0.2) is 4.52 Å². The molecule has 0 saturated heterocycles. The minimum atomic E-state index is 0.366. The molecule has 0 radical (unpaired) electrons. The van der Waals surface area contributed by atoms with E-state index in [1.165, 1.54) is 0 Å². The van der Waals surface area contributed by atoms with Crippen molar-refractivity contribution in [3.8, 4) is 0 Å². The molecule has 92 valence electrons. The summed E-state index contributed by atoms with van der Waals surface area (Å²) in [5, 5.41) is 7.21. The van der Waals surface area contributed by atoms with E-state index in [4.69, 9.17) is 9.26 Å². The van der Waals surface area contributed by atoms with Crippen molar-refractivity contribution in [2.75, 3.05) is 19.8 Å². The first-order valence-electron chi connectivity index (χ1n) is 5.88. The maximum Gasteiger partial charge on any atom is 0.228 e. The van der Waals surface area contributed by atoms with Crippen LogP contribution in [0.1, 0.15) is 32.5 Å². The number of nitrogens with zero attached hydrogens (tertiary/aromatic N) is 2. The highest BCUT2D eigenvalue weighted by Gasteiger charge is 2.09. The van der Waals surface area contributed by atoms with Crippen LogP contribution in [0.3, 0.4) is 0 Å². The Balaban J connectivity index is 2.33. The molecule has 16 heavy (non-hydrogen) atoms. The van der Waals surface area contributed by atoms with Gasteiger partial charge in [-0.3, -0.25) is 0 Å². The zero-order valence-electron chi connectivity index (χ0n) is 10.3. The van der Waals surface area contributed by atoms with Gasteiger partial charge < -0.3 is 14.6 Å². The van der Waals surface area contributed by atoms with Crippen molar-refractivity contribution in [2.45, 2.75) is 39.7 Å². The van der Waals surface area contributed by atoms with E-state index in [1.54, 1.807) is 0 Å². The van der Waals surface area contributed by atoms with Crippen molar-refractivity contribution in [3.63, 3.8) is 0 Å². The summed E-state index contributed by atoms with van der Waals surface area (Å²) < 4.78 is 10.4. The SMILES string of the molecule is CCNC(C)Cc1nc(CCOCC)no1. The lowest BCUT2D eigenvalue weighted by Crippen LogP contribution is -2.27. The van der Waals surface area contributed by atoms with Crippen LogP contribution in [0.5, 0.6) is 0 Å². The van der Waals surface area contributed by atoms with Crippen molar-refractivity contribution in [2.24, 2.45) is 0 Å². The Morgan fingerprint density at radius 3 is 2.94 bits per heavy atom. The third-order valence-corrected chi connectivity index (χ3v) is 2.22. The molecule has 1 rings (SSSR count). The Kier molecular flexibility index (Phi) is 6.03. The van der Waals surface area contributed by atoms with Crippen LogP contribution in [0.2, 0.25) is 0 Å². The van der Waals surface area contributed by atoms with Crippen LogP contribution in [-0.4, -0.2) is 35.9 Å². The van der Waals surface area contributed by atoms with E-state index in [9.17, 15) is 0 Å². The zero-order valence-corrected chi connectivity index (χ0v) is 10.3. The quantitative estimate of drug-likeness (QED) is 0.676. The second-order valence-electron chi connectivity index (χ2n) is 3.71. The molecule has 0 bridgehead atoms. The second kappa shape index (κ2) is 7.35. The number of likely N-dealkylation sites (N-methyl/N-ethyl adjacent to an activating group) is 1. The first-order valence-corrected chi connectivity index (χ1v) is 5.88. The molecule has 5 heteroatoms. The van der Waals surface area contributed by atoms with Gasteiger partial charge in [0.15, 0.2) is 5.82 Å². The van der Waals surface area contributed by atoms with Gasteiger partial charge in [0.05, 0.1) is 6.61 Å². The van der Waals surface area contributed by atoms with Crippen LogP contribution in [-0.2, 0) is 17.6 Å². The average molecular weight is 227 g/mol. The molecule has 0 spiro atoms. The number of rotatable bonds is 8. The molecule has 5 nitrogen and oxygen atoms in total. The Morgan fingerprint density at radius 1 is 1.44 bits per heavy atom. The maximum atomic E-state index is 5.23. The lowest BCUT2D eigenvalue weighted by Gasteiger charge is -2.07. The highest BCUT2D eigenvalue weighted by molar-refractivity contribution is 4.88. The molecule has 0 aliphatic rings. The molecule has 1 aromatic heterocycles. The Morgan fingerprint density at radius 2 is 2.25 bits per heavy atom. The van der Waals surface area contributed by atoms with Gasteiger partial charge in [-0.05, 0) is 20.4 Å². The predicted octanol–water partition coefficient (Wildman–Crippen LogP) is 1.19. The van der Waals surface area contributed by atoms with Crippen molar-refractivity contribution in [3.05, 3.63) is 11.7 Å². The average Bonchev–Trinajstić information content (AvgIpc) is 2.66. The largest absolute Gasteiger partial charge is 0.381 e. The van der Waals surface area contributed by atoms with Crippen LogP contribution in [0.25, 0.3) is 0 Å². The third kappa shape index (κ3) is 4.72. The normalized spacial score (nSPS) is 12.9. The fourth-order valence-corrected chi connectivity index (χ4v) is 1.46. The minimum Gasteiger partial charge on any atom is -0.381 e. The second-order valence-corrected chi connectivity index (χ2v) is 3.71. The number of aromatic nitrogens is 2. The van der Waals surface area contributed by atoms with E-state index in [0.29, 0.717) is 25.0 Å². The molecule has 1 aromatic rings. The van der Waals surface area contributed by atoms with Crippen molar-refractivity contribution < 1.29 is 9.26 Å². The molecule has 1 atom stereocenters. The molecular weight excluding hydrogens is 206 g/mol. The standard InChI is InChI=1S/C11H21N3O2/c1-4-12-9(3)8-11-13-10(14-16-11)6-7-15-5-2/h9,12H,4-8H2,1-3H3. The molecule has 0 aromatic carbocycles. The summed E-state index contributed by atoms with van der Waals surface area (Å²) in [5.74, 6) is 1.42. The van der Waals surface area contributed by atoms with Crippen LogP contribution < -0.4 is 5.32 Å². The summed E-state index contributed by atoms with van der Waals surface area (Å²) in [7, 11) is 0. The zero-order chi connectivity index (χ0) is 11.8. The Hall–Kier alpha value is -0.940. The lowest BCUT2D eigenvalue weighted by molar-refractivity contribution is 0.149. The molecule has 0 fully saturated rings. The highest BCUT2D eigenvalue weighted by Crippen LogP contribution is 2.02. The van der Waals surface area contributed by atoms with Crippen molar-refractivity contribution >= 4 is 0 Å². The molecular formula is C11H21N3O2. The van der Waals surface area contributed by atoms with Gasteiger partial charge in [-0.15, -0.1) is 0 Å². The Bertz CT molecular complexity index is 289. The van der Waals surface area contributed by atoms with E-state index in [2.05, 4.69) is 29.3 Å². The molecule has 0 amide bonds. The van der Waals surface area contributed by atoms with Crippen molar-refractivity contribution in [1.82, 2.24) is 15.5 Å². The summed E-state index contributed by atoms with van der Waals surface area (Å²) in [6, 6.07) is 0.366. The highest BCUT2D eigenvalue weighted by atomic mass is 16.5. The molecule has 1 heterocycles. The molecule has 0 aliphatic heterocycles. The van der Waals surface area contributed by atoms with Crippen LogP contribution >= 0.6 is 0 Å². The first-order chi connectivity index (χ1) is 7.76. The van der Waals surface area contributed by atoms with Gasteiger partial charge in [-0.1, -0.05) is 12.1 Å². The minimum absolute atomic E-state index is 0.366. The van der Waals surface area contributed by atoms with Crippen LogP contribution in [0.4, 0.5) is 0 Å². The van der Waals surface area contributed by atoms with E-state index in [-0.39, 0.29) is 0 Å². The summed E-state index contributed by atoms with van der Waals surface area (Å²) >= 11 is 0. The van der Waals surface area contributed by atoms with E-state index < -0.39 is 0 Å². The summed E-state index contributed by atoms with van der Waals surface area (Å²) in [6.07, 6.45) is 1.49. The predicted molar refractivity (Wildman–Crippen MR) is 61.3 cm³/mol. The van der Waals surface area contributed by atoms with E-state index in [0.717, 1.165) is 25.4 Å². The maximum absolute atomic E-state index is 5.23. The van der Waals surface area contributed by atoms with Gasteiger partial charge in [0.1, 0.15) is 0 Å². The number of hydrogen-bond acceptors (Lipinski definition) is 5. The Labute approximate surface area is 96.6 Å². The van der Waals surface area contributed by atoms with Gasteiger partial charge in [0, 0.05) is 25.5 Å². The number of hydrogen-bond donors (Lipinski definition) is 1. The summed E-state index contributed by atoms with van der Waals surface area (Å²) in [4.78, 5) is 4.31. The summed E-state index contributed by atoms with van der Waals surface area (Å²) in [5.41, 5.74) is 0. The van der Waals surface area contributed by atoms with E-state index in [1.807, 2.05) is 6.92 Å². The molecule has 1 N–H and O–H groups in total. The third-order valence-electron chi connectivity index (χ3n) is 2.22. The smallest absolute Gasteiger partial charge is 0.228 e. The first kappa shape index (κ1) is 13.1. The number of ether oxygens (including phenoxy) is 1. The van der Waals surface area contributed by atoms with Crippen molar-refractivity contribution in [1.29, 1.82) is 0 Å². The molecule has 0 aliphatic carbocycles. The lowest BCUT2D eigenvalue weighted by atomic mass is 10.2. The van der Waals surface area contributed by atoms with Gasteiger partial charge in [-0.2, -0.15) is 4.98 Å². The van der Waals surface area contributed by atoms with E-state index >= 15 is 0 Å². The van der Waals surface area contributed by atoms with Crippen LogP contribution in [0, 0.1) is 0 Å². The fraction of sp³-hybridized carbons (Fsp3) is 0.818. The molecule has 1 unspecified atom stereocenters. The monoisotopic (exact) mass is 227 g/mol. The fourth-order valence-electron chi connectivity index (χ4n) is 1.46. The summed E-state index contributed by atoms with van der Waals surface area (Å²) in [6.45, 7) is 8.48. The number of nitrogens with one attached hydrogen (secondary N) is 1. The topological polar surface area (TPSA) is 60.2 Å². The van der Waals surface area contributed by atoms with Gasteiger partial charge >= 0.3 is 0 Å². The van der Waals surface area contributed by atoms with Gasteiger partial charge in [-0.25, -0.2) is 0 Å². The van der Waals surface area contributed by atoms with Gasteiger partial charge in [0.25, 0.3) is 0 Å².